The molecule has 1 aromatic heterocycles. The molecule has 1 heterocycles. The Balaban J connectivity index is 1.97. The van der Waals surface area contributed by atoms with Crippen LogP contribution in [0.15, 0.2) is 42.7 Å². The van der Waals surface area contributed by atoms with Gasteiger partial charge in [-0.3, -0.25) is 4.79 Å². The van der Waals surface area contributed by atoms with Gasteiger partial charge in [0, 0.05) is 18.3 Å². The summed E-state index contributed by atoms with van der Waals surface area (Å²) in [5.41, 5.74) is 7.58. The van der Waals surface area contributed by atoms with Crippen molar-refractivity contribution in [2.24, 2.45) is 5.73 Å². The van der Waals surface area contributed by atoms with E-state index in [9.17, 15) is 4.79 Å². The highest BCUT2D eigenvalue weighted by Crippen LogP contribution is 2.07. The van der Waals surface area contributed by atoms with E-state index in [0.717, 1.165) is 11.3 Å². The predicted molar refractivity (Wildman–Crippen MR) is 73.7 cm³/mol. The van der Waals surface area contributed by atoms with Gasteiger partial charge in [0.2, 0.25) is 5.91 Å². The van der Waals surface area contributed by atoms with E-state index in [1.165, 1.54) is 0 Å². The van der Waals surface area contributed by atoms with Crippen LogP contribution in [0.25, 0.3) is 5.69 Å². The van der Waals surface area contributed by atoms with Crippen LogP contribution in [-0.2, 0) is 11.3 Å². The van der Waals surface area contributed by atoms with Crippen LogP contribution < -0.4 is 11.1 Å². The monoisotopic (exact) mass is 258 g/mol. The average molecular weight is 258 g/mol. The van der Waals surface area contributed by atoms with Crippen molar-refractivity contribution in [1.82, 2.24) is 15.1 Å². The molecule has 5 heteroatoms. The molecule has 0 fully saturated rings. The van der Waals surface area contributed by atoms with E-state index in [0.29, 0.717) is 13.0 Å². The Bertz CT molecular complexity index is 535. The maximum absolute atomic E-state index is 11.6. The lowest BCUT2D eigenvalue weighted by Gasteiger charge is -2.08. The van der Waals surface area contributed by atoms with Gasteiger partial charge in [0.1, 0.15) is 0 Å². The van der Waals surface area contributed by atoms with Crippen LogP contribution in [0.5, 0.6) is 0 Å². The lowest BCUT2D eigenvalue weighted by atomic mass is 10.2. The van der Waals surface area contributed by atoms with Gasteiger partial charge in [-0.15, -0.1) is 0 Å². The van der Waals surface area contributed by atoms with Crippen LogP contribution in [-0.4, -0.2) is 21.7 Å². The summed E-state index contributed by atoms with van der Waals surface area (Å²) in [5.74, 6) is -0.130. The van der Waals surface area contributed by atoms with Gasteiger partial charge in [-0.05, 0) is 18.6 Å². The fourth-order valence-corrected chi connectivity index (χ4v) is 1.68. The number of benzene rings is 1. The second-order valence-electron chi connectivity index (χ2n) is 4.36. The number of para-hydroxylation sites is 1. The minimum atomic E-state index is -0.441. The molecular weight excluding hydrogens is 240 g/mol. The topological polar surface area (TPSA) is 72.9 Å². The van der Waals surface area contributed by atoms with Crippen molar-refractivity contribution < 1.29 is 4.79 Å². The molecule has 5 nitrogen and oxygen atoms in total. The van der Waals surface area contributed by atoms with E-state index in [4.69, 9.17) is 5.73 Å². The van der Waals surface area contributed by atoms with Gasteiger partial charge in [0.05, 0.1) is 17.9 Å². The van der Waals surface area contributed by atoms with Crippen LogP contribution in [0, 0.1) is 0 Å². The normalized spacial score (nSPS) is 12.1. The van der Waals surface area contributed by atoms with Crippen molar-refractivity contribution in [3.8, 4) is 5.69 Å². The molecule has 0 bridgehead atoms. The number of aromatic nitrogens is 2. The van der Waals surface area contributed by atoms with E-state index in [-0.39, 0.29) is 5.91 Å². The molecular formula is C14H18N4O. The summed E-state index contributed by atoms with van der Waals surface area (Å²) in [6.07, 6.45) is 4.27. The Hall–Kier alpha value is -2.14. The Morgan fingerprint density at radius 1 is 1.42 bits per heavy atom. The number of hydrogen-bond acceptors (Lipinski definition) is 3. The molecule has 0 saturated carbocycles. The summed E-state index contributed by atoms with van der Waals surface area (Å²) < 4.78 is 1.78. The number of amides is 1. The molecule has 0 aliphatic heterocycles. The highest BCUT2D eigenvalue weighted by atomic mass is 16.2. The Morgan fingerprint density at radius 3 is 2.84 bits per heavy atom. The Morgan fingerprint density at radius 2 is 2.16 bits per heavy atom. The van der Waals surface area contributed by atoms with Crippen LogP contribution in [0.1, 0.15) is 18.9 Å². The predicted octanol–water partition coefficient (Wildman–Crippen LogP) is 1.23. The van der Waals surface area contributed by atoms with E-state index < -0.39 is 6.04 Å². The van der Waals surface area contributed by atoms with Crippen molar-refractivity contribution in [1.29, 1.82) is 0 Å². The van der Waals surface area contributed by atoms with Crippen LogP contribution in [0.4, 0.5) is 0 Å². The number of rotatable bonds is 5. The molecule has 0 saturated heterocycles. The van der Waals surface area contributed by atoms with E-state index in [1.54, 1.807) is 10.9 Å². The summed E-state index contributed by atoms with van der Waals surface area (Å²) in [7, 11) is 0. The molecule has 2 rings (SSSR count). The van der Waals surface area contributed by atoms with Crippen molar-refractivity contribution in [3.05, 3.63) is 48.3 Å². The minimum Gasteiger partial charge on any atom is -0.351 e. The third-order valence-corrected chi connectivity index (χ3v) is 2.90. The smallest absolute Gasteiger partial charge is 0.237 e. The number of nitrogens with two attached hydrogens (primary N) is 1. The van der Waals surface area contributed by atoms with Crippen LogP contribution in [0.2, 0.25) is 0 Å². The molecule has 0 spiro atoms. The second-order valence-corrected chi connectivity index (χ2v) is 4.36. The molecule has 3 N–H and O–H groups in total. The first kappa shape index (κ1) is 13.3. The van der Waals surface area contributed by atoms with Gasteiger partial charge in [0.25, 0.3) is 0 Å². The third kappa shape index (κ3) is 3.42. The average Bonchev–Trinajstić information content (AvgIpc) is 2.93. The molecule has 1 atom stereocenters. The number of nitrogens with one attached hydrogen (secondary N) is 1. The maximum Gasteiger partial charge on any atom is 0.237 e. The molecule has 0 radical (unpaired) electrons. The number of nitrogens with zero attached hydrogens (tertiary/aromatic N) is 2. The molecule has 1 aromatic carbocycles. The van der Waals surface area contributed by atoms with Crippen LogP contribution >= 0.6 is 0 Å². The lowest BCUT2D eigenvalue weighted by molar-refractivity contribution is -0.122. The molecule has 0 unspecified atom stereocenters. The van der Waals surface area contributed by atoms with Crippen molar-refractivity contribution in [2.45, 2.75) is 25.9 Å². The highest BCUT2D eigenvalue weighted by Gasteiger charge is 2.10. The summed E-state index contributed by atoms with van der Waals surface area (Å²) in [5, 5.41) is 7.06. The zero-order valence-corrected chi connectivity index (χ0v) is 10.9. The van der Waals surface area contributed by atoms with E-state index in [1.807, 2.05) is 43.5 Å². The summed E-state index contributed by atoms with van der Waals surface area (Å²) in [6.45, 7) is 2.33. The SMILES string of the molecule is CC[C@H](N)C(=O)NCc1cnn(-c2ccccc2)c1. The van der Waals surface area contributed by atoms with E-state index in [2.05, 4.69) is 10.4 Å². The minimum absolute atomic E-state index is 0.130. The number of hydrogen-bond donors (Lipinski definition) is 2. The second kappa shape index (κ2) is 6.15. The van der Waals surface area contributed by atoms with Gasteiger partial charge in [0.15, 0.2) is 0 Å². The van der Waals surface area contributed by atoms with Gasteiger partial charge >= 0.3 is 0 Å². The Kier molecular flexibility index (Phi) is 4.30. The number of carbonyl (C=O) groups is 1. The Labute approximate surface area is 112 Å². The first-order valence-corrected chi connectivity index (χ1v) is 6.33. The van der Waals surface area contributed by atoms with Gasteiger partial charge in [-0.25, -0.2) is 4.68 Å². The van der Waals surface area contributed by atoms with Gasteiger partial charge in [-0.1, -0.05) is 25.1 Å². The molecule has 0 aliphatic rings. The van der Waals surface area contributed by atoms with Crippen molar-refractivity contribution in [2.75, 3.05) is 0 Å². The van der Waals surface area contributed by atoms with Gasteiger partial charge < -0.3 is 11.1 Å². The lowest BCUT2D eigenvalue weighted by Crippen LogP contribution is -2.39. The number of carbonyl (C=O) groups excluding carboxylic acids is 1. The van der Waals surface area contributed by atoms with Crippen molar-refractivity contribution in [3.63, 3.8) is 0 Å². The molecule has 19 heavy (non-hydrogen) atoms. The first-order valence-electron chi connectivity index (χ1n) is 6.33. The third-order valence-electron chi connectivity index (χ3n) is 2.90. The fourth-order valence-electron chi connectivity index (χ4n) is 1.68. The van der Waals surface area contributed by atoms with E-state index >= 15 is 0 Å². The molecule has 0 aliphatic carbocycles. The fraction of sp³-hybridized carbons (Fsp3) is 0.286. The molecule has 2 aromatic rings. The standard InChI is InChI=1S/C14H18N4O/c1-2-13(15)14(19)16-8-11-9-17-18(10-11)12-6-4-3-5-7-12/h3-7,9-10,13H,2,8,15H2,1H3,(H,16,19)/t13-/m0/s1. The summed E-state index contributed by atoms with van der Waals surface area (Å²) in [6, 6.07) is 9.38. The van der Waals surface area contributed by atoms with Gasteiger partial charge in [-0.2, -0.15) is 5.10 Å². The van der Waals surface area contributed by atoms with Crippen LogP contribution in [0.3, 0.4) is 0 Å². The summed E-state index contributed by atoms with van der Waals surface area (Å²) >= 11 is 0. The quantitative estimate of drug-likeness (QED) is 0.847. The first-order chi connectivity index (χ1) is 9.20. The summed E-state index contributed by atoms with van der Waals surface area (Å²) in [4.78, 5) is 11.6. The van der Waals surface area contributed by atoms with Crippen molar-refractivity contribution >= 4 is 5.91 Å². The highest BCUT2D eigenvalue weighted by molar-refractivity contribution is 5.81. The maximum atomic E-state index is 11.6. The zero-order valence-electron chi connectivity index (χ0n) is 10.9. The molecule has 100 valence electrons. The largest absolute Gasteiger partial charge is 0.351 e. The zero-order chi connectivity index (χ0) is 13.7. The molecule has 1 amide bonds.